The Morgan fingerprint density at radius 3 is 2.59 bits per heavy atom. The topological polar surface area (TPSA) is 77.2 Å². The second-order valence-corrected chi connectivity index (χ2v) is 6.83. The fourth-order valence-electron chi connectivity index (χ4n) is 2.94. The first-order chi connectivity index (χ1) is 14.0. The van der Waals surface area contributed by atoms with Crippen molar-refractivity contribution in [3.63, 3.8) is 0 Å². The van der Waals surface area contributed by atoms with Gasteiger partial charge in [-0.05, 0) is 55.3 Å². The molecule has 4 aromatic rings. The van der Waals surface area contributed by atoms with Crippen LogP contribution in [-0.4, -0.2) is 33.0 Å². The van der Waals surface area contributed by atoms with E-state index < -0.39 is 0 Å². The molecular formula is C21H19ClN6O. The van der Waals surface area contributed by atoms with E-state index in [0.29, 0.717) is 22.8 Å². The minimum Gasteiger partial charge on any atom is -0.497 e. The van der Waals surface area contributed by atoms with Crippen LogP contribution in [0.25, 0.3) is 11.2 Å². The smallest absolute Gasteiger partial charge is 0.226 e. The Morgan fingerprint density at radius 2 is 1.86 bits per heavy atom. The van der Waals surface area contributed by atoms with Crippen LogP contribution in [0.15, 0.2) is 53.6 Å². The Labute approximate surface area is 173 Å². The van der Waals surface area contributed by atoms with Gasteiger partial charge in [-0.25, -0.2) is 4.98 Å². The molecule has 0 bridgehead atoms. The highest BCUT2D eigenvalue weighted by molar-refractivity contribution is 6.28. The summed E-state index contributed by atoms with van der Waals surface area (Å²) in [5, 5.41) is 7.91. The fraction of sp³-hybridized carbons (Fsp3) is 0.143. The molecule has 2 aromatic heterocycles. The van der Waals surface area contributed by atoms with Gasteiger partial charge in [-0.15, -0.1) is 0 Å². The van der Waals surface area contributed by atoms with Gasteiger partial charge < -0.3 is 10.1 Å². The number of aryl methyl sites for hydroxylation is 2. The number of methoxy groups -OCH3 is 1. The average molecular weight is 407 g/mol. The van der Waals surface area contributed by atoms with Crippen molar-refractivity contribution in [1.29, 1.82) is 0 Å². The van der Waals surface area contributed by atoms with E-state index in [-0.39, 0.29) is 5.28 Å². The van der Waals surface area contributed by atoms with E-state index in [4.69, 9.17) is 16.3 Å². The van der Waals surface area contributed by atoms with Crippen LogP contribution in [0.3, 0.4) is 0 Å². The summed E-state index contributed by atoms with van der Waals surface area (Å²) in [6, 6.07) is 15.6. The lowest BCUT2D eigenvalue weighted by molar-refractivity contribution is 0.415. The van der Waals surface area contributed by atoms with Gasteiger partial charge in [-0.1, -0.05) is 29.8 Å². The zero-order chi connectivity index (χ0) is 20.4. The van der Waals surface area contributed by atoms with Crippen molar-refractivity contribution in [2.75, 3.05) is 12.4 Å². The van der Waals surface area contributed by atoms with Crippen LogP contribution in [0.1, 0.15) is 17.0 Å². The maximum atomic E-state index is 6.18. The third-order valence-electron chi connectivity index (χ3n) is 4.34. The molecule has 0 aliphatic rings. The van der Waals surface area contributed by atoms with E-state index >= 15 is 0 Å². The van der Waals surface area contributed by atoms with Crippen molar-refractivity contribution in [3.05, 3.63) is 70.8 Å². The van der Waals surface area contributed by atoms with Gasteiger partial charge in [0.1, 0.15) is 11.6 Å². The summed E-state index contributed by atoms with van der Waals surface area (Å²) < 4.78 is 6.85. The molecule has 2 aromatic carbocycles. The Bertz CT molecular complexity index is 1200. The summed E-state index contributed by atoms with van der Waals surface area (Å²) in [6.45, 7) is 3.90. The molecule has 0 fully saturated rings. The number of fused-ring (bicyclic) bond motifs is 1. The zero-order valence-electron chi connectivity index (χ0n) is 16.2. The second-order valence-electron chi connectivity index (χ2n) is 6.50. The predicted octanol–water partition coefficient (Wildman–Crippen LogP) is 4.73. The van der Waals surface area contributed by atoms with E-state index in [1.54, 1.807) is 18.0 Å². The molecule has 0 aliphatic heterocycles. The molecule has 7 nitrogen and oxygen atoms in total. The Kier molecular flexibility index (Phi) is 5.14. The predicted molar refractivity (Wildman–Crippen MR) is 116 cm³/mol. The number of aromatic nitrogens is 4. The molecule has 29 heavy (non-hydrogen) atoms. The van der Waals surface area contributed by atoms with Gasteiger partial charge in [-0.2, -0.15) is 19.7 Å². The molecule has 2 heterocycles. The highest BCUT2D eigenvalue weighted by atomic mass is 35.5. The normalized spacial score (nSPS) is 11.3. The van der Waals surface area contributed by atoms with Gasteiger partial charge in [0, 0.05) is 5.69 Å². The molecule has 8 heteroatoms. The molecule has 146 valence electrons. The molecule has 0 unspecified atom stereocenters. The summed E-state index contributed by atoms with van der Waals surface area (Å²) in [5.74, 6) is 1.96. The minimum atomic E-state index is 0.111. The van der Waals surface area contributed by atoms with Crippen molar-refractivity contribution >= 4 is 40.5 Å². The summed E-state index contributed by atoms with van der Waals surface area (Å²) in [4.78, 5) is 13.2. The standard InChI is InChI=1S/C21H19ClN6O/c1-13-5-4-6-15(11-13)12-23-28-14(2)24-18-19(26-21(22)27-20(18)28)25-16-7-9-17(29-3)10-8-16/h4-12H,1-3H3,(H,25,26,27)/b23-12+. The molecule has 4 rings (SSSR count). The number of anilines is 2. The van der Waals surface area contributed by atoms with Crippen LogP contribution < -0.4 is 10.1 Å². The van der Waals surface area contributed by atoms with Crippen LogP contribution in [0.5, 0.6) is 5.75 Å². The van der Waals surface area contributed by atoms with Crippen LogP contribution in [0.2, 0.25) is 5.28 Å². The number of nitrogens with one attached hydrogen (secondary N) is 1. The average Bonchev–Trinajstić information content (AvgIpc) is 3.02. The van der Waals surface area contributed by atoms with Gasteiger partial charge in [0.15, 0.2) is 17.0 Å². The third-order valence-corrected chi connectivity index (χ3v) is 4.51. The number of nitrogens with zero attached hydrogens (tertiary/aromatic N) is 5. The highest BCUT2D eigenvalue weighted by Crippen LogP contribution is 2.26. The summed E-state index contributed by atoms with van der Waals surface area (Å²) in [5.41, 5.74) is 4.10. The quantitative estimate of drug-likeness (QED) is 0.383. The van der Waals surface area contributed by atoms with Gasteiger partial charge in [0.25, 0.3) is 0 Å². The third kappa shape index (κ3) is 4.05. The lowest BCUT2D eigenvalue weighted by Crippen LogP contribution is -1.99. The first kappa shape index (κ1) is 18.9. The van der Waals surface area contributed by atoms with Crippen molar-refractivity contribution in [3.8, 4) is 5.75 Å². The minimum absolute atomic E-state index is 0.111. The fourth-order valence-corrected chi connectivity index (χ4v) is 3.11. The molecule has 1 N–H and O–H groups in total. The Morgan fingerprint density at radius 1 is 1.07 bits per heavy atom. The van der Waals surface area contributed by atoms with Crippen LogP contribution in [-0.2, 0) is 0 Å². The lowest BCUT2D eigenvalue weighted by Gasteiger charge is -2.07. The first-order valence-electron chi connectivity index (χ1n) is 8.98. The largest absolute Gasteiger partial charge is 0.497 e. The lowest BCUT2D eigenvalue weighted by atomic mass is 10.2. The molecule has 0 saturated carbocycles. The van der Waals surface area contributed by atoms with E-state index in [1.807, 2.05) is 56.3 Å². The van der Waals surface area contributed by atoms with Gasteiger partial charge >= 0.3 is 0 Å². The highest BCUT2D eigenvalue weighted by Gasteiger charge is 2.15. The van der Waals surface area contributed by atoms with E-state index in [2.05, 4.69) is 31.4 Å². The number of hydrogen-bond donors (Lipinski definition) is 1. The van der Waals surface area contributed by atoms with Crippen molar-refractivity contribution in [2.45, 2.75) is 13.8 Å². The molecule has 0 saturated heterocycles. The van der Waals surface area contributed by atoms with Gasteiger partial charge in [0.2, 0.25) is 5.28 Å². The molecule has 0 atom stereocenters. The summed E-state index contributed by atoms with van der Waals surface area (Å²) in [7, 11) is 1.63. The SMILES string of the molecule is COc1ccc(Nc2nc(Cl)nc3c2nc(C)n3/N=C/c2cccc(C)c2)cc1. The van der Waals surface area contributed by atoms with Crippen molar-refractivity contribution in [1.82, 2.24) is 19.6 Å². The number of hydrogen-bond acceptors (Lipinski definition) is 6. The number of benzene rings is 2. The van der Waals surface area contributed by atoms with Gasteiger partial charge in [-0.3, -0.25) is 0 Å². The maximum absolute atomic E-state index is 6.18. The second kappa shape index (κ2) is 7.89. The molecule has 0 amide bonds. The van der Waals surface area contributed by atoms with E-state index in [1.165, 1.54) is 0 Å². The van der Waals surface area contributed by atoms with Gasteiger partial charge in [0.05, 0.1) is 13.3 Å². The van der Waals surface area contributed by atoms with Crippen molar-refractivity contribution < 1.29 is 4.74 Å². The summed E-state index contributed by atoms with van der Waals surface area (Å²) in [6.07, 6.45) is 1.77. The molecule has 0 spiro atoms. The first-order valence-corrected chi connectivity index (χ1v) is 9.36. The number of imidazole rings is 1. The van der Waals surface area contributed by atoms with E-state index in [0.717, 1.165) is 22.6 Å². The van der Waals surface area contributed by atoms with Crippen LogP contribution >= 0.6 is 11.6 Å². The monoisotopic (exact) mass is 406 g/mol. The van der Waals surface area contributed by atoms with Crippen molar-refractivity contribution in [2.24, 2.45) is 5.10 Å². The zero-order valence-corrected chi connectivity index (χ0v) is 17.0. The summed E-state index contributed by atoms with van der Waals surface area (Å²) >= 11 is 6.18. The van der Waals surface area contributed by atoms with E-state index in [9.17, 15) is 0 Å². The molecule has 0 aliphatic carbocycles. The van der Waals surface area contributed by atoms with Crippen LogP contribution in [0.4, 0.5) is 11.5 Å². The maximum Gasteiger partial charge on any atom is 0.226 e. The number of ether oxygens (including phenoxy) is 1. The number of rotatable bonds is 5. The Balaban J connectivity index is 1.73. The van der Waals surface area contributed by atoms with Crippen LogP contribution in [0, 0.1) is 13.8 Å². The number of halogens is 1. The Hall–Kier alpha value is -3.45. The molecular weight excluding hydrogens is 388 g/mol. The molecule has 0 radical (unpaired) electrons.